The molecule has 0 bridgehead atoms. The quantitative estimate of drug-likeness (QED) is 0.640. The van der Waals surface area contributed by atoms with Crippen LogP contribution in [0.4, 0.5) is 11.4 Å². The van der Waals surface area contributed by atoms with E-state index in [4.69, 9.17) is 4.74 Å². The third-order valence-electron chi connectivity index (χ3n) is 5.35. The predicted molar refractivity (Wildman–Crippen MR) is 123 cm³/mol. The minimum Gasteiger partial charge on any atom is -0.449 e. The molecule has 1 atom stereocenters. The first-order valence-corrected chi connectivity index (χ1v) is 11.9. The Bertz CT molecular complexity index is 1110. The Balaban J connectivity index is 1.85. The smallest absolute Gasteiger partial charge is 0.341 e. The lowest BCUT2D eigenvalue weighted by Gasteiger charge is -2.23. The number of carbonyl (C=O) groups is 2. The monoisotopic (exact) mass is 459 g/mol. The average molecular weight is 460 g/mol. The Morgan fingerprint density at radius 3 is 2.41 bits per heavy atom. The molecule has 172 valence electrons. The van der Waals surface area contributed by atoms with Crippen molar-refractivity contribution in [2.75, 3.05) is 37.4 Å². The fourth-order valence-corrected chi connectivity index (χ4v) is 4.46. The maximum atomic E-state index is 13.1. The Kier molecular flexibility index (Phi) is 7.20. The number of carbonyl (C=O) groups excluding carboxylic acids is 2. The lowest BCUT2D eigenvalue weighted by atomic mass is 10.1. The summed E-state index contributed by atoms with van der Waals surface area (Å²) >= 11 is 0. The summed E-state index contributed by atoms with van der Waals surface area (Å²) in [5, 5.41) is 2.73. The van der Waals surface area contributed by atoms with E-state index in [1.807, 2.05) is 30.0 Å². The largest absolute Gasteiger partial charge is 0.449 e. The van der Waals surface area contributed by atoms with Gasteiger partial charge in [-0.05, 0) is 62.6 Å². The first-order chi connectivity index (χ1) is 15.1. The van der Waals surface area contributed by atoms with E-state index >= 15 is 0 Å². The summed E-state index contributed by atoms with van der Waals surface area (Å²) in [6, 6.07) is 11.8. The van der Waals surface area contributed by atoms with E-state index in [2.05, 4.69) is 5.32 Å². The first kappa shape index (κ1) is 23.7. The number of sulfonamides is 1. The van der Waals surface area contributed by atoms with E-state index in [1.165, 1.54) is 33.2 Å². The zero-order valence-electron chi connectivity index (χ0n) is 18.8. The molecule has 1 N–H and O–H groups in total. The van der Waals surface area contributed by atoms with Crippen molar-refractivity contribution < 1.29 is 22.7 Å². The van der Waals surface area contributed by atoms with Crippen molar-refractivity contribution in [3.05, 3.63) is 53.6 Å². The van der Waals surface area contributed by atoms with Gasteiger partial charge in [-0.1, -0.05) is 12.1 Å². The number of benzene rings is 2. The molecule has 2 aromatic rings. The van der Waals surface area contributed by atoms with Crippen LogP contribution in [0.2, 0.25) is 0 Å². The molecule has 0 radical (unpaired) electrons. The van der Waals surface area contributed by atoms with Crippen molar-refractivity contribution in [3.63, 3.8) is 0 Å². The Labute approximate surface area is 189 Å². The number of anilines is 2. The molecule has 0 saturated carbocycles. The number of ether oxygens (including phenoxy) is 1. The molecule has 0 unspecified atom stereocenters. The van der Waals surface area contributed by atoms with Gasteiger partial charge in [0, 0.05) is 32.9 Å². The van der Waals surface area contributed by atoms with Crippen molar-refractivity contribution in [2.45, 2.75) is 37.7 Å². The Hall–Kier alpha value is -2.91. The molecule has 0 aliphatic carbocycles. The summed E-state index contributed by atoms with van der Waals surface area (Å²) in [7, 11) is -0.875. The van der Waals surface area contributed by atoms with Crippen molar-refractivity contribution in [1.29, 1.82) is 0 Å². The summed E-state index contributed by atoms with van der Waals surface area (Å²) in [6.07, 6.45) is 0.909. The van der Waals surface area contributed by atoms with Gasteiger partial charge < -0.3 is 15.0 Å². The number of amides is 1. The summed E-state index contributed by atoms with van der Waals surface area (Å²) in [5.74, 6) is -1.21. The summed E-state index contributed by atoms with van der Waals surface area (Å²) in [4.78, 5) is 27.6. The van der Waals surface area contributed by atoms with Gasteiger partial charge in [-0.25, -0.2) is 17.5 Å². The number of esters is 1. The van der Waals surface area contributed by atoms with Gasteiger partial charge in [-0.3, -0.25) is 4.79 Å². The molecular weight excluding hydrogens is 430 g/mol. The molecule has 1 amide bonds. The molecule has 0 spiro atoms. The second-order valence-corrected chi connectivity index (χ2v) is 10.2. The van der Waals surface area contributed by atoms with E-state index in [1.54, 1.807) is 12.1 Å². The van der Waals surface area contributed by atoms with Gasteiger partial charge in [0.1, 0.15) is 0 Å². The van der Waals surface area contributed by atoms with Gasteiger partial charge in [0.05, 0.1) is 16.1 Å². The van der Waals surface area contributed by atoms with E-state index < -0.39 is 28.0 Å². The Morgan fingerprint density at radius 1 is 1.09 bits per heavy atom. The predicted octanol–water partition coefficient (Wildman–Crippen LogP) is 3.03. The Morgan fingerprint density at radius 2 is 1.78 bits per heavy atom. The van der Waals surface area contributed by atoms with Crippen molar-refractivity contribution in [1.82, 2.24) is 4.31 Å². The number of rotatable bonds is 7. The maximum absolute atomic E-state index is 13.1. The average Bonchev–Trinajstić information content (AvgIpc) is 3.27. The maximum Gasteiger partial charge on any atom is 0.341 e. The zero-order chi connectivity index (χ0) is 23.5. The standard InChI is InChI=1S/C23H29N3O5S/c1-16-8-7-9-18(14-16)24-22(27)17(2)31-23(28)20-15-19(32(29,30)25(3)4)10-11-21(20)26-12-5-6-13-26/h7-11,14-15,17H,5-6,12-13H2,1-4H3,(H,24,27)/t17-/m0/s1. The van der Waals surface area contributed by atoms with Crippen LogP contribution in [0.3, 0.4) is 0 Å². The molecule has 1 heterocycles. The molecule has 1 fully saturated rings. The summed E-state index contributed by atoms with van der Waals surface area (Å²) in [6.45, 7) is 4.93. The van der Waals surface area contributed by atoms with Crippen LogP contribution in [-0.4, -0.2) is 57.9 Å². The third-order valence-corrected chi connectivity index (χ3v) is 7.16. The normalized spacial score (nSPS) is 15.0. The molecule has 32 heavy (non-hydrogen) atoms. The second kappa shape index (κ2) is 9.70. The first-order valence-electron chi connectivity index (χ1n) is 10.5. The molecule has 2 aromatic carbocycles. The van der Waals surface area contributed by atoms with Crippen molar-refractivity contribution in [2.24, 2.45) is 0 Å². The highest BCUT2D eigenvalue weighted by atomic mass is 32.2. The van der Waals surface area contributed by atoms with Crippen molar-refractivity contribution in [3.8, 4) is 0 Å². The van der Waals surface area contributed by atoms with Gasteiger partial charge in [0.25, 0.3) is 5.91 Å². The second-order valence-electron chi connectivity index (χ2n) is 8.07. The van der Waals surface area contributed by atoms with Crippen LogP contribution in [0, 0.1) is 6.92 Å². The van der Waals surface area contributed by atoms with Gasteiger partial charge >= 0.3 is 5.97 Å². The number of hydrogen-bond donors (Lipinski definition) is 1. The lowest BCUT2D eigenvalue weighted by molar-refractivity contribution is -0.123. The van der Waals surface area contributed by atoms with Crippen LogP contribution in [0.5, 0.6) is 0 Å². The molecule has 3 rings (SSSR count). The highest BCUT2D eigenvalue weighted by molar-refractivity contribution is 7.89. The molecular formula is C23H29N3O5S. The fraction of sp³-hybridized carbons (Fsp3) is 0.391. The fourth-order valence-electron chi connectivity index (χ4n) is 3.53. The molecule has 1 saturated heterocycles. The lowest BCUT2D eigenvalue weighted by Crippen LogP contribution is -2.31. The highest BCUT2D eigenvalue weighted by Crippen LogP contribution is 2.29. The number of hydrogen-bond acceptors (Lipinski definition) is 6. The van der Waals surface area contributed by atoms with E-state index in [9.17, 15) is 18.0 Å². The minimum atomic E-state index is -3.74. The van der Waals surface area contributed by atoms with E-state index in [0.717, 1.165) is 35.8 Å². The van der Waals surface area contributed by atoms with Crippen LogP contribution in [0.1, 0.15) is 35.7 Å². The van der Waals surface area contributed by atoms with Gasteiger partial charge in [-0.15, -0.1) is 0 Å². The zero-order valence-corrected chi connectivity index (χ0v) is 19.6. The van der Waals surface area contributed by atoms with Crippen molar-refractivity contribution >= 4 is 33.3 Å². The molecule has 9 heteroatoms. The summed E-state index contributed by atoms with van der Waals surface area (Å²) < 4.78 is 31.7. The van der Waals surface area contributed by atoms with Crippen LogP contribution >= 0.6 is 0 Å². The number of aryl methyl sites for hydroxylation is 1. The highest BCUT2D eigenvalue weighted by Gasteiger charge is 2.27. The molecule has 1 aliphatic rings. The molecule has 1 aliphatic heterocycles. The van der Waals surface area contributed by atoms with Crippen LogP contribution in [0.25, 0.3) is 0 Å². The molecule has 0 aromatic heterocycles. The topological polar surface area (TPSA) is 96.0 Å². The van der Waals surface area contributed by atoms with E-state index in [0.29, 0.717) is 11.4 Å². The SMILES string of the molecule is Cc1cccc(NC(=O)[C@H](C)OC(=O)c2cc(S(=O)(=O)N(C)C)ccc2N2CCCC2)c1. The third kappa shape index (κ3) is 5.28. The van der Waals surface area contributed by atoms with Crippen LogP contribution in [0.15, 0.2) is 47.4 Å². The molecule has 8 nitrogen and oxygen atoms in total. The number of nitrogens with one attached hydrogen (secondary N) is 1. The van der Waals surface area contributed by atoms with Gasteiger partial charge in [0.15, 0.2) is 6.10 Å². The summed E-state index contributed by atoms with van der Waals surface area (Å²) in [5.41, 5.74) is 2.33. The van der Waals surface area contributed by atoms with Gasteiger partial charge in [-0.2, -0.15) is 0 Å². The van der Waals surface area contributed by atoms with Gasteiger partial charge in [0.2, 0.25) is 10.0 Å². The van der Waals surface area contributed by atoms with Crippen LogP contribution in [-0.2, 0) is 19.6 Å². The van der Waals surface area contributed by atoms with Crippen LogP contribution < -0.4 is 10.2 Å². The minimum absolute atomic E-state index is 0.00531. The number of nitrogens with zero attached hydrogens (tertiary/aromatic N) is 2. The van der Waals surface area contributed by atoms with E-state index in [-0.39, 0.29) is 10.5 Å².